The van der Waals surface area contributed by atoms with Crippen LogP contribution in [0.2, 0.25) is 5.02 Å². The highest BCUT2D eigenvalue weighted by Gasteiger charge is 2.13. The molecule has 2 atom stereocenters. The van der Waals surface area contributed by atoms with Crippen LogP contribution >= 0.6 is 23.4 Å². The second-order valence-electron chi connectivity index (χ2n) is 4.33. The van der Waals surface area contributed by atoms with Gasteiger partial charge in [0.1, 0.15) is 5.82 Å². The van der Waals surface area contributed by atoms with E-state index in [1.807, 2.05) is 17.8 Å². The zero-order valence-corrected chi connectivity index (χ0v) is 12.3. The van der Waals surface area contributed by atoms with Gasteiger partial charge in [-0.3, -0.25) is 11.3 Å². The third-order valence-corrected chi connectivity index (χ3v) is 4.81. The van der Waals surface area contributed by atoms with E-state index in [-0.39, 0.29) is 16.9 Å². The maximum atomic E-state index is 13.3. The van der Waals surface area contributed by atoms with Gasteiger partial charge in [0.15, 0.2) is 0 Å². The van der Waals surface area contributed by atoms with Crippen LogP contribution in [0.4, 0.5) is 4.39 Å². The molecule has 3 N–H and O–H groups in total. The molecule has 1 aromatic carbocycles. The van der Waals surface area contributed by atoms with E-state index < -0.39 is 0 Å². The molecule has 0 bridgehead atoms. The summed E-state index contributed by atoms with van der Waals surface area (Å²) in [6.45, 7) is 4.35. The van der Waals surface area contributed by atoms with Crippen molar-refractivity contribution in [1.29, 1.82) is 0 Å². The van der Waals surface area contributed by atoms with Gasteiger partial charge in [-0.15, -0.1) is 0 Å². The molecule has 0 saturated heterocycles. The number of nitrogens with two attached hydrogens (primary N) is 1. The normalized spacial score (nSPS) is 14.5. The van der Waals surface area contributed by atoms with Gasteiger partial charge in [-0.2, -0.15) is 11.8 Å². The Bertz CT molecular complexity index is 376. The molecule has 0 amide bonds. The van der Waals surface area contributed by atoms with Crippen LogP contribution in [0.3, 0.4) is 0 Å². The van der Waals surface area contributed by atoms with Crippen molar-refractivity contribution in [3.05, 3.63) is 34.6 Å². The predicted molar refractivity (Wildman–Crippen MR) is 78.4 cm³/mol. The van der Waals surface area contributed by atoms with Crippen LogP contribution in [0.15, 0.2) is 18.2 Å². The first-order chi connectivity index (χ1) is 8.58. The fourth-order valence-corrected chi connectivity index (χ4v) is 2.75. The Morgan fingerprint density at radius 2 is 2.22 bits per heavy atom. The summed E-state index contributed by atoms with van der Waals surface area (Å²) in [5, 5.41) is 0.801. The fraction of sp³-hybridized carbons (Fsp3) is 0.538. The number of thioether (sulfide) groups is 1. The van der Waals surface area contributed by atoms with Gasteiger partial charge < -0.3 is 0 Å². The van der Waals surface area contributed by atoms with Crippen molar-refractivity contribution in [2.75, 3.05) is 5.75 Å². The molecule has 1 rings (SSSR count). The SMILES string of the molecule is CCC(C)SCC(Cc1cccc(F)c1Cl)NN. The Balaban J connectivity index is 2.59. The minimum Gasteiger partial charge on any atom is -0.271 e. The summed E-state index contributed by atoms with van der Waals surface area (Å²) in [6, 6.07) is 4.98. The summed E-state index contributed by atoms with van der Waals surface area (Å²) in [5.41, 5.74) is 3.57. The molecular weight excluding hydrogens is 271 g/mol. The molecule has 0 radical (unpaired) electrons. The van der Waals surface area contributed by atoms with Gasteiger partial charge in [-0.1, -0.05) is 37.6 Å². The number of halogens is 2. The summed E-state index contributed by atoms with van der Waals surface area (Å²) in [6.07, 6.45) is 1.76. The number of benzene rings is 1. The monoisotopic (exact) mass is 290 g/mol. The number of hydrogen-bond donors (Lipinski definition) is 2. The average molecular weight is 291 g/mol. The minimum absolute atomic E-state index is 0.100. The van der Waals surface area contributed by atoms with E-state index in [2.05, 4.69) is 19.3 Å². The molecule has 5 heteroatoms. The van der Waals surface area contributed by atoms with Crippen LogP contribution in [0.25, 0.3) is 0 Å². The molecule has 0 fully saturated rings. The summed E-state index contributed by atoms with van der Waals surface area (Å²) >= 11 is 7.79. The smallest absolute Gasteiger partial charge is 0.142 e. The molecular formula is C13H20ClFN2S. The second-order valence-corrected chi connectivity index (χ2v) is 6.18. The first-order valence-corrected chi connectivity index (χ1v) is 7.51. The zero-order chi connectivity index (χ0) is 13.5. The van der Waals surface area contributed by atoms with Crippen LogP contribution in [-0.2, 0) is 6.42 Å². The first kappa shape index (κ1) is 15.8. The molecule has 0 spiro atoms. The molecule has 18 heavy (non-hydrogen) atoms. The lowest BCUT2D eigenvalue weighted by molar-refractivity contribution is 0.570. The highest BCUT2D eigenvalue weighted by Crippen LogP contribution is 2.22. The summed E-state index contributed by atoms with van der Waals surface area (Å²) in [4.78, 5) is 0. The molecule has 102 valence electrons. The number of hydrazine groups is 1. The lowest BCUT2D eigenvalue weighted by Gasteiger charge is -2.18. The zero-order valence-electron chi connectivity index (χ0n) is 10.7. The summed E-state index contributed by atoms with van der Waals surface area (Å²) < 4.78 is 13.3. The van der Waals surface area contributed by atoms with Crippen molar-refractivity contribution < 1.29 is 4.39 Å². The van der Waals surface area contributed by atoms with E-state index in [4.69, 9.17) is 17.4 Å². The Morgan fingerprint density at radius 3 is 2.83 bits per heavy atom. The Hall–Kier alpha value is -0.290. The van der Waals surface area contributed by atoms with Crippen molar-refractivity contribution in [2.24, 2.45) is 5.84 Å². The van der Waals surface area contributed by atoms with E-state index in [9.17, 15) is 4.39 Å². The molecule has 0 aliphatic carbocycles. The van der Waals surface area contributed by atoms with Crippen molar-refractivity contribution in [3.8, 4) is 0 Å². The van der Waals surface area contributed by atoms with Crippen molar-refractivity contribution in [2.45, 2.75) is 38.0 Å². The van der Waals surface area contributed by atoms with E-state index >= 15 is 0 Å². The van der Waals surface area contributed by atoms with Gasteiger partial charge in [0.05, 0.1) is 5.02 Å². The molecule has 0 aliphatic rings. The lowest BCUT2D eigenvalue weighted by atomic mass is 10.1. The van der Waals surface area contributed by atoms with E-state index in [1.54, 1.807) is 6.07 Å². The van der Waals surface area contributed by atoms with Crippen LogP contribution in [0, 0.1) is 5.82 Å². The van der Waals surface area contributed by atoms with E-state index in [0.29, 0.717) is 11.7 Å². The number of hydrogen-bond acceptors (Lipinski definition) is 3. The topological polar surface area (TPSA) is 38.0 Å². The summed E-state index contributed by atoms with van der Waals surface area (Å²) in [5.74, 6) is 6.05. The maximum Gasteiger partial charge on any atom is 0.142 e. The largest absolute Gasteiger partial charge is 0.271 e. The highest BCUT2D eigenvalue weighted by molar-refractivity contribution is 7.99. The summed E-state index contributed by atoms with van der Waals surface area (Å²) in [7, 11) is 0. The number of nitrogens with one attached hydrogen (secondary N) is 1. The highest BCUT2D eigenvalue weighted by atomic mass is 35.5. The fourth-order valence-electron chi connectivity index (χ4n) is 1.54. The second kappa shape index (κ2) is 8.00. The first-order valence-electron chi connectivity index (χ1n) is 6.09. The Kier molecular flexibility index (Phi) is 7.00. The average Bonchev–Trinajstić information content (AvgIpc) is 2.38. The van der Waals surface area contributed by atoms with Gasteiger partial charge >= 0.3 is 0 Å². The van der Waals surface area contributed by atoms with Gasteiger partial charge in [0, 0.05) is 17.0 Å². The maximum absolute atomic E-state index is 13.3. The van der Waals surface area contributed by atoms with Gasteiger partial charge in [-0.05, 0) is 24.5 Å². The standard InChI is InChI=1S/C13H20ClFN2S/c1-3-9(2)18-8-11(17-16)7-10-5-4-6-12(15)13(10)14/h4-6,9,11,17H,3,7-8,16H2,1-2H3. The van der Waals surface area contributed by atoms with E-state index in [0.717, 1.165) is 17.7 Å². The van der Waals surface area contributed by atoms with Crippen LogP contribution in [0.1, 0.15) is 25.8 Å². The quantitative estimate of drug-likeness (QED) is 0.597. The van der Waals surface area contributed by atoms with Crippen molar-refractivity contribution in [3.63, 3.8) is 0 Å². The third kappa shape index (κ3) is 4.76. The van der Waals surface area contributed by atoms with Gasteiger partial charge in [0.25, 0.3) is 0 Å². The molecule has 0 aliphatic heterocycles. The molecule has 2 unspecified atom stereocenters. The lowest BCUT2D eigenvalue weighted by Crippen LogP contribution is -2.39. The van der Waals surface area contributed by atoms with Crippen molar-refractivity contribution >= 4 is 23.4 Å². The third-order valence-electron chi connectivity index (χ3n) is 2.89. The van der Waals surface area contributed by atoms with E-state index in [1.165, 1.54) is 6.07 Å². The van der Waals surface area contributed by atoms with Crippen LogP contribution < -0.4 is 11.3 Å². The molecule has 0 saturated carbocycles. The van der Waals surface area contributed by atoms with Crippen LogP contribution in [0.5, 0.6) is 0 Å². The van der Waals surface area contributed by atoms with Crippen molar-refractivity contribution in [1.82, 2.24) is 5.43 Å². The van der Waals surface area contributed by atoms with Gasteiger partial charge in [-0.25, -0.2) is 4.39 Å². The molecule has 0 aromatic heterocycles. The van der Waals surface area contributed by atoms with Gasteiger partial charge in [0.2, 0.25) is 0 Å². The predicted octanol–water partition coefficient (Wildman–Crippen LogP) is 3.39. The van der Waals surface area contributed by atoms with Crippen LogP contribution in [-0.4, -0.2) is 17.0 Å². The Morgan fingerprint density at radius 1 is 1.50 bits per heavy atom. The minimum atomic E-state index is -0.375. The Labute approximate surface area is 117 Å². The molecule has 0 heterocycles. The molecule has 2 nitrogen and oxygen atoms in total. The molecule has 1 aromatic rings. The number of rotatable bonds is 7.